The molecule has 0 radical (unpaired) electrons. The van der Waals surface area contributed by atoms with Crippen molar-refractivity contribution in [2.24, 2.45) is 0 Å². The Bertz CT molecular complexity index is 352. The average Bonchev–Trinajstić information content (AvgIpc) is 2.69. The molecule has 3 N–H and O–H groups in total. The van der Waals surface area contributed by atoms with Crippen molar-refractivity contribution in [2.75, 3.05) is 30.3 Å². The summed E-state index contributed by atoms with van der Waals surface area (Å²) in [7, 11) is 0. The van der Waals surface area contributed by atoms with Gasteiger partial charge in [0.1, 0.15) is 0 Å². The van der Waals surface area contributed by atoms with Gasteiger partial charge in [0.15, 0.2) is 0 Å². The Morgan fingerprint density at radius 2 is 2.12 bits per heavy atom. The number of benzene rings is 1. The van der Waals surface area contributed by atoms with Gasteiger partial charge < -0.3 is 15.7 Å². The smallest absolute Gasteiger partial charge is 0.0633 e. The first-order valence-electron chi connectivity index (χ1n) is 6.06. The maximum absolute atomic E-state index is 8.73. The Morgan fingerprint density at radius 1 is 1.25 bits per heavy atom. The van der Waals surface area contributed by atoms with E-state index in [4.69, 9.17) is 10.8 Å². The molecule has 0 fully saturated rings. The number of aliphatic hydroxyl groups excluding tert-OH is 1. The minimum Gasteiger partial charge on any atom is -0.397 e. The van der Waals surface area contributed by atoms with Crippen LogP contribution in [0.4, 0.5) is 11.4 Å². The Labute approximate surface area is 96.9 Å². The van der Waals surface area contributed by atoms with Gasteiger partial charge in [0.2, 0.25) is 0 Å². The molecule has 0 saturated carbocycles. The van der Waals surface area contributed by atoms with Crippen LogP contribution in [0.25, 0.3) is 0 Å². The summed E-state index contributed by atoms with van der Waals surface area (Å²) in [6, 6.07) is 6.17. The number of para-hydroxylation sites is 1. The molecule has 0 aliphatic carbocycles. The number of fused-ring (bicyclic) bond motifs is 1. The summed E-state index contributed by atoms with van der Waals surface area (Å²) in [4.78, 5) is 2.38. The number of anilines is 2. The molecule has 3 nitrogen and oxygen atoms in total. The summed E-state index contributed by atoms with van der Waals surface area (Å²) in [5.74, 6) is 0. The number of nitrogens with two attached hydrogens (primary N) is 1. The predicted octanol–water partition coefficient (Wildman–Crippen LogP) is 1.79. The van der Waals surface area contributed by atoms with E-state index < -0.39 is 0 Å². The van der Waals surface area contributed by atoms with Gasteiger partial charge in [-0.05, 0) is 37.3 Å². The highest BCUT2D eigenvalue weighted by molar-refractivity contribution is 5.74. The number of hydrogen-bond acceptors (Lipinski definition) is 3. The lowest BCUT2D eigenvalue weighted by atomic mass is 10.1. The molecule has 1 aliphatic rings. The molecule has 0 atom stereocenters. The van der Waals surface area contributed by atoms with Gasteiger partial charge in [-0.2, -0.15) is 0 Å². The van der Waals surface area contributed by atoms with E-state index in [1.165, 1.54) is 11.3 Å². The van der Waals surface area contributed by atoms with Gasteiger partial charge in [0, 0.05) is 19.7 Å². The molecular formula is C13H20N2O. The quantitative estimate of drug-likeness (QED) is 0.587. The zero-order chi connectivity index (χ0) is 11.4. The van der Waals surface area contributed by atoms with Crippen LogP contribution < -0.4 is 10.6 Å². The standard InChI is InChI=1S/C13H20N2O/c14-12-6-4-5-11-7-9-15(13(11)12)8-2-1-3-10-16/h4-6,16H,1-3,7-10,14H2. The molecule has 0 bridgehead atoms. The minimum absolute atomic E-state index is 0.304. The molecule has 0 saturated heterocycles. The molecule has 1 aliphatic heterocycles. The van der Waals surface area contributed by atoms with Gasteiger partial charge in [0.25, 0.3) is 0 Å². The number of rotatable bonds is 5. The number of hydrogen-bond donors (Lipinski definition) is 2. The molecule has 0 amide bonds. The van der Waals surface area contributed by atoms with Gasteiger partial charge in [-0.3, -0.25) is 0 Å². The molecule has 1 aromatic carbocycles. The van der Waals surface area contributed by atoms with E-state index in [0.29, 0.717) is 6.61 Å². The first-order chi connectivity index (χ1) is 7.83. The van der Waals surface area contributed by atoms with E-state index >= 15 is 0 Å². The third-order valence-electron chi connectivity index (χ3n) is 3.20. The molecule has 88 valence electrons. The Kier molecular flexibility index (Phi) is 3.67. The molecule has 0 unspecified atom stereocenters. The van der Waals surface area contributed by atoms with E-state index in [2.05, 4.69) is 11.0 Å². The molecule has 1 heterocycles. The second-order valence-electron chi connectivity index (χ2n) is 4.38. The van der Waals surface area contributed by atoms with Gasteiger partial charge in [0.05, 0.1) is 11.4 Å². The van der Waals surface area contributed by atoms with Crippen LogP contribution in [0.3, 0.4) is 0 Å². The van der Waals surface area contributed by atoms with Gasteiger partial charge in [-0.15, -0.1) is 0 Å². The van der Waals surface area contributed by atoms with Crippen molar-refractivity contribution in [3.05, 3.63) is 23.8 Å². The van der Waals surface area contributed by atoms with Crippen molar-refractivity contribution in [3.63, 3.8) is 0 Å². The average molecular weight is 220 g/mol. The summed E-state index contributed by atoms with van der Waals surface area (Å²) in [5, 5.41) is 8.73. The molecule has 2 rings (SSSR count). The summed E-state index contributed by atoms with van der Waals surface area (Å²) >= 11 is 0. The second kappa shape index (κ2) is 5.21. The number of nitrogen functional groups attached to an aromatic ring is 1. The zero-order valence-corrected chi connectivity index (χ0v) is 9.65. The molecule has 1 aromatic rings. The third-order valence-corrected chi connectivity index (χ3v) is 3.20. The van der Waals surface area contributed by atoms with E-state index in [0.717, 1.165) is 44.5 Å². The maximum Gasteiger partial charge on any atom is 0.0633 e. The van der Waals surface area contributed by atoms with Crippen molar-refractivity contribution in [1.29, 1.82) is 0 Å². The Balaban J connectivity index is 1.95. The fourth-order valence-electron chi connectivity index (χ4n) is 2.38. The maximum atomic E-state index is 8.73. The van der Waals surface area contributed by atoms with Crippen LogP contribution in [0, 0.1) is 0 Å². The van der Waals surface area contributed by atoms with Crippen LogP contribution in [0.5, 0.6) is 0 Å². The Morgan fingerprint density at radius 3 is 2.94 bits per heavy atom. The number of unbranched alkanes of at least 4 members (excludes halogenated alkanes) is 2. The van der Waals surface area contributed by atoms with Crippen LogP contribution in [0.1, 0.15) is 24.8 Å². The largest absolute Gasteiger partial charge is 0.397 e. The van der Waals surface area contributed by atoms with E-state index in [1.807, 2.05) is 12.1 Å². The lowest BCUT2D eigenvalue weighted by molar-refractivity contribution is 0.283. The molecule has 3 heteroatoms. The van der Waals surface area contributed by atoms with E-state index in [1.54, 1.807) is 0 Å². The summed E-state index contributed by atoms with van der Waals surface area (Å²) in [5.41, 5.74) is 9.53. The zero-order valence-electron chi connectivity index (χ0n) is 9.65. The lowest BCUT2D eigenvalue weighted by Gasteiger charge is -2.20. The number of nitrogens with zero attached hydrogens (tertiary/aromatic N) is 1. The van der Waals surface area contributed by atoms with E-state index in [-0.39, 0.29) is 0 Å². The van der Waals surface area contributed by atoms with Crippen molar-refractivity contribution >= 4 is 11.4 Å². The number of aliphatic hydroxyl groups is 1. The van der Waals surface area contributed by atoms with Gasteiger partial charge in [-0.25, -0.2) is 0 Å². The van der Waals surface area contributed by atoms with Crippen LogP contribution in [0.15, 0.2) is 18.2 Å². The lowest BCUT2D eigenvalue weighted by Crippen LogP contribution is -2.22. The van der Waals surface area contributed by atoms with Crippen LogP contribution >= 0.6 is 0 Å². The molecular weight excluding hydrogens is 200 g/mol. The fourth-order valence-corrected chi connectivity index (χ4v) is 2.38. The fraction of sp³-hybridized carbons (Fsp3) is 0.538. The highest BCUT2D eigenvalue weighted by atomic mass is 16.2. The first kappa shape index (κ1) is 11.3. The topological polar surface area (TPSA) is 49.5 Å². The van der Waals surface area contributed by atoms with Crippen LogP contribution in [-0.4, -0.2) is 24.8 Å². The van der Waals surface area contributed by atoms with Gasteiger partial charge in [-0.1, -0.05) is 12.1 Å². The normalized spacial score (nSPS) is 14.2. The first-order valence-corrected chi connectivity index (χ1v) is 6.06. The van der Waals surface area contributed by atoms with Crippen molar-refractivity contribution < 1.29 is 5.11 Å². The van der Waals surface area contributed by atoms with Crippen molar-refractivity contribution in [2.45, 2.75) is 25.7 Å². The monoisotopic (exact) mass is 220 g/mol. The predicted molar refractivity (Wildman–Crippen MR) is 67.7 cm³/mol. The van der Waals surface area contributed by atoms with Crippen molar-refractivity contribution in [1.82, 2.24) is 0 Å². The molecule has 16 heavy (non-hydrogen) atoms. The highest BCUT2D eigenvalue weighted by Crippen LogP contribution is 2.33. The SMILES string of the molecule is Nc1cccc2c1N(CCCCCO)CC2. The van der Waals surface area contributed by atoms with Crippen LogP contribution in [-0.2, 0) is 6.42 Å². The van der Waals surface area contributed by atoms with Crippen molar-refractivity contribution in [3.8, 4) is 0 Å². The summed E-state index contributed by atoms with van der Waals surface area (Å²) in [6.45, 7) is 2.45. The summed E-state index contributed by atoms with van der Waals surface area (Å²) in [6.07, 6.45) is 4.24. The highest BCUT2D eigenvalue weighted by Gasteiger charge is 2.20. The Hall–Kier alpha value is -1.22. The summed E-state index contributed by atoms with van der Waals surface area (Å²) < 4.78 is 0. The van der Waals surface area contributed by atoms with E-state index in [9.17, 15) is 0 Å². The minimum atomic E-state index is 0.304. The third kappa shape index (κ3) is 2.30. The molecule has 0 spiro atoms. The van der Waals surface area contributed by atoms with Crippen LogP contribution in [0.2, 0.25) is 0 Å². The second-order valence-corrected chi connectivity index (χ2v) is 4.38. The van der Waals surface area contributed by atoms with Gasteiger partial charge >= 0.3 is 0 Å². The molecule has 0 aromatic heterocycles.